The Hall–Kier alpha value is -1.75. The molecular weight excluding hydrogens is 209 g/mol. The lowest BCUT2D eigenvalue weighted by molar-refractivity contribution is 0.352. The zero-order chi connectivity index (χ0) is 11.5. The number of aromatic nitrogens is 2. The molecule has 0 bridgehead atoms. The Morgan fingerprint density at radius 2 is 2.06 bits per heavy atom. The summed E-state index contributed by atoms with van der Waals surface area (Å²) in [5, 5.41) is 3.80. The van der Waals surface area contributed by atoms with Crippen molar-refractivity contribution in [1.29, 1.82) is 0 Å². The molecule has 2 N–H and O–H groups in total. The van der Waals surface area contributed by atoms with Crippen molar-refractivity contribution in [1.82, 2.24) is 10.1 Å². The summed E-state index contributed by atoms with van der Waals surface area (Å²) in [5.74, 6) is 0.540. The minimum Gasteiger partial charge on any atom is -0.337 e. The third kappa shape index (κ3) is 2.09. The van der Waals surface area contributed by atoms with Gasteiger partial charge in [-0.3, -0.25) is 0 Å². The van der Waals surface area contributed by atoms with E-state index in [1.54, 1.807) is 12.1 Å². The number of nitrogens with two attached hydrogens (primary N) is 1. The largest absolute Gasteiger partial charge is 0.337 e. The maximum absolute atomic E-state index is 12.7. The Kier molecular flexibility index (Phi) is 2.96. The molecule has 0 fully saturated rings. The minimum atomic E-state index is -0.294. The molecule has 0 spiro atoms. The molecule has 0 saturated heterocycles. The molecule has 1 heterocycles. The van der Waals surface area contributed by atoms with Gasteiger partial charge in [0.2, 0.25) is 11.7 Å². The van der Waals surface area contributed by atoms with Crippen LogP contribution in [0.1, 0.15) is 25.3 Å². The van der Waals surface area contributed by atoms with Crippen LogP contribution < -0.4 is 5.73 Å². The lowest BCUT2D eigenvalue weighted by Crippen LogP contribution is -2.08. The van der Waals surface area contributed by atoms with Crippen molar-refractivity contribution < 1.29 is 8.91 Å². The van der Waals surface area contributed by atoms with E-state index in [4.69, 9.17) is 10.3 Å². The van der Waals surface area contributed by atoms with Crippen molar-refractivity contribution in [2.45, 2.75) is 19.4 Å². The highest BCUT2D eigenvalue weighted by molar-refractivity contribution is 5.53. The second-order valence-corrected chi connectivity index (χ2v) is 3.48. The first-order valence-electron chi connectivity index (χ1n) is 5.06. The summed E-state index contributed by atoms with van der Waals surface area (Å²) >= 11 is 0. The van der Waals surface area contributed by atoms with Gasteiger partial charge in [0.15, 0.2) is 0 Å². The molecule has 0 aliphatic carbocycles. The first-order valence-corrected chi connectivity index (χ1v) is 5.06. The average Bonchev–Trinajstić information content (AvgIpc) is 2.78. The molecular formula is C11H12FN3O. The van der Waals surface area contributed by atoms with E-state index in [9.17, 15) is 4.39 Å². The van der Waals surface area contributed by atoms with Crippen molar-refractivity contribution in [3.8, 4) is 11.4 Å². The predicted molar refractivity (Wildman–Crippen MR) is 56.9 cm³/mol. The molecule has 1 atom stereocenters. The molecule has 1 aromatic carbocycles. The van der Waals surface area contributed by atoms with E-state index in [2.05, 4.69) is 10.1 Å². The fraction of sp³-hybridized carbons (Fsp3) is 0.273. The van der Waals surface area contributed by atoms with Crippen molar-refractivity contribution in [3.05, 3.63) is 36.0 Å². The van der Waals surface area contributed by atoms with E-state index in [-0.39, 0.29) is 11.9 Å². The normalized spacial score (nSPS) is 12.7. The number of nitrogens with zero attached hydrogens (tertiary/aromatic N) is 2. The Balaban J connectivity index is 2.28. The number of halogens is 1. The van der Waals surface area contributed by atoms with Gasteiger partial charge in [-0.15, -0.1) is 0 Å². The molecule has 5 heteroatoms. The van der Waals surface area contributed by atoms with Gasteiger partial charge in [0.1, 0.15) is 5.82 Å². The van der Waals surface area contributed by atoms with Crippen LogP contribution in [0.4, 0.5) is 4.39 Å². The molecule has 16 heavy (non-hydrogen) atoms. The van der Waals surface area contributed by atoms with Crippen LogP contribution in [0.2, 0.25) is 0 Å². The summed E-state index contributed by atoms with van der Waals surface area (Å²) in [4.78, 5) is 4.16. The first-order chi connectivity index (χ1) is 7.70. The molecule has 0 aliphatic rings. The van der Waals surface area contributed by atoms with Crippen LogP contribution in [0.5, 0.6) is 0 Å². The SMILES string of the molecule is CCC(N)c1nc(-c2ccc(F)cc2)no1. The first kappa shape index (κ1) is 10.8. The molecule has 2 rings (SSSR count). The molecule has 0 aliphatic heterocycles. The summed E-state index contributed by atoms with van der Waals surface area (Å²) in [6, 6.07) is 5.65. The van der Waals surface area contributed by atoms with Crippen molar-refractivity contribution in [2.75, 3.05) is 0 Å². The van der Waals surface area contributed by atoms with E-state index in [1.165, 1.54) is 12.1 Å². The van der Waals surface area contributed by atoms with Gasteiger partial charge in [-0.05, 0) is 30.7 Å². The highest BCUT2D eigenvalue weighted by Crippen LogP contribution is 2.19. The van der Waals surface area contributed by atoms with E-state index in [1.807, 2.05) is 6.92 Å². The smallest absolute Gasteiger partial charge is 0.243 e. The Morgan fingerprint density at radius 3 is 2.69 bits per heavy atom. The Bertz CT molecular complexity index is 466. The molecule has 2 aromatic rings. The average molecular weight is 221 g/mol. The maximum Gasteiger partial charge on any atom is 0.243 e. The Morgan fingerprint density at radius 1 is 1.38 bits per heavy atom. The van der Waals surface area contributed by atoms with Crippen LogP contribution in [0.25, 0.3) is 11.4 Å². The fourth-order valence-electron chi connectivity index (χ4n) is 1.28. The molecule has 4 nitrogen and oxygen atoms in total. The van der Waals surface area contributed by atoms with Crippen LogP contribution in [0.15, 0.2) is 28.8 Å². The van der Waals surface area contributed by atoms with Gasteiger partial charge in [0.05, 0.1) is 6.04 Å². The van der Waals surface area contributed by atoms with Crippen LogP contribution in [0.3, 0.4) is 0 Å². The van der Waals surface area contributed by atoms with Crippen LogP contribution in [0, 0.1) is 5.82 Å². The summed E-state index contributed by atoms with van der Waals surface area (Å²) in [7, 11) is 0. The molecule has 0 amide bonds. The highest BCUT2D eigenvalue weighted by atomic mass is 19.1. The Labute approximate surface area is 92.3 Å². The zero-order valence-electron chi connectivity index (χ0n) is 8.85. The highest BCUT2D eigenvalue weighted by Gasteiger charge is 2.13. The molecule has 1 aromatic heterocycles. The number of benzene rings is 1. The summed E-state index contributed by atoms with van der Waals surface area (Å²) in [5.41, 5.74) is 6.46. The zero-order valence-corrected chi connectivity index (χ0v) is 8.85. The monoisotopic (exact) mass is 221 g/mol. The van der Waals surface area contributed by atoms with Crippen LogP contribution in [-0.2, 0) is 0 Å². The second-order valence-electron chi connectivity index (χ2n) is 3.48. The lowest BCUT2D eigenvalue weighted by Gasteiger charge is -1.99. The standard InChI is InChI=1S/C11H12FN3O/c1-2-9(13)11-14-10(15-16-11)7-3-5-8(12)6-4-7/h3-6,9H,2,13H2,1H3. The number of hydrogen-bond donors (Lipinski definition) is 1. The topological polar surface area (TPSA) is 64.9 Å². The van der Waals surface area contributed by atoms with Crippen molar-refractivity contribution in [3.63, 3.8) is 0 Å². The molecule has 0 saturated carbocycles. The molecule has 0 radical (unpaired) electrons. The maximum atomic E-state index is 12.7. The lowest BCUT2D eigenvalue weighted by atomic mass is 10.2. The van der Waals surface area contributed by atoms with Crippen LogP contribution >= 0.6 is 0 Å². The minimum absolute atomic E-state index is 0.248. The summed E-state index contributed by atoms with van der Waals surface area (Å²) in [6.07, 6.45) is 0.727. The quantitative estimate of drug-likeness (QED) is 0.863. The number of rotatable bonds is 3. The van der Waals surface area contributed by atoms with Gasteiger partial charge in [-0.25, -0.2) is 4.39 Å². The summed E-state index contributed by atoms with van der Waals surface area (Å²) < 4.78 is 17.7. The van der Waals surface area contributed by atoms with Crippen LogP contribution in [-0.4, -0.2) is 10.1 Å². The van der Waals surface area contributed by atoms with Crippen molar-refractivity contribution >= 4 is 0 Å². The summed E-state index contributed by atoms with van der Waals surface area (Å²) in [6.45, 7) is 1.94. The van der Waals surface area contributed by atoms with E-state index in [0.717, 1.165) is 6.42 Å². The fourth-order valence-corrected chi connectivity index (χ4v) is 1.28. The third-order valence-corrected chi connectivity index (χ3v) is 2.30. The van der Waals surface area contributed by atoms with E-state index < -0.39 is 0 Å². The second kappa shape index (κ2) is 4.40. The van der Waals surface area contributed by atoms with Gasteiger partial charge < -0.3 is 10.3 Å². The van der Waals surface area contributed by atoms with Gasteiger partial charge >= 0.3 is 0 Å². The van der Waals surface area contributed by atoms with Crippen molar-refractivity contribution in [2.24, 2.45) is 5.73 Å². The van der Waals surface area contributed by atoms with E-state index >= 15 is 0 Å². The van der Waals surface area contributed by atoms with Gasteiger partial charge in [-0.2, -0.15) is 4.98 Å². The predicted octanol–water partition coefficient (Wildman–Crippen LogP) is 2.29. The van der Waals surface area contributed by atoms with Gasteiger partial charge in [0, 0.05) is 5.56 Å². The van der Waals surface area contributed by atoms with Gasteiger partial charge in [0.25, 0.3) is 0 Å². The van der Waals surface area contributed by atoms with Gasteiger partial charge in [-0.1, -0.05) is 12.1 Å². The molecule has 84 valence electrons. The third-order valence-electron chi connectivity index (χ3n) is 2.30. The van der Waals surface area contributed by atoms with E-state index in [0.29, 0.717) is 17.3 Å². The number of hydrogen-bond acceptors (Lipinski definition) is 4. The molecule has 1 unspecified atom stereocenters.